The van der Waals surface area contributed by atoms with Crippen LogP contribution in [-0.4, -0.2) is 34.3 Å². The molecule has 1 amide bonds. The van der Waals surface area contributed by atoms with Crippen molar-refractivity contribution in [2.75, 3.05) is 0 Å². The van der Waals surface area contributed by atoms with Gasteiger partial charge in [-0.05, 0) is 24.8 Å². The first-order valence-electron chi connectivity index (χ1n) is 6.43. The first-order chi connectivity index (χ1) is 8.75. The lowest BCUT2D eigenvalue weighted by atomic mass is 9.98. The topological polar surface area (TPSA) is 49.8 Å². The molecule has 2 aliphatic rings. The van der Waals surface area contributed by atoms with Crippen LogP contribution in [0.25, 0.3) is 0 Å². The van der Waals surface area contributed by atoms with E-state index in [1.54, 1.807) is 4.90 Å². The fourth-order valence-corrected chi connectivity index (χ4v) is 3.04. The summed E-state index contributed by atoms with van der Waals surface area (Å²) in [6, 6.07) is 9.79. The van der Waals surface area contributed by atoms with Crippen LogP contribution in [0.1, 0.15) is 24.8 Å². The number of nitrogens with zero attached hydrogens (tertiary/aromatic N) is 1. The average molecular weight is 247 g/mol. The second-order valence-corrected chi connectivity index (χ2v) is 5.05. The lowest BCUT2D eigenvalue weighted by molar-refractivity contribution is 0.0765. The van der Waals surface area contributed by atoms with Gasteiger partial charge in [0.25, 0.3) is 0 Å². The molecule has 96 valence electrons. The van der Waals surface area contributed by atoms with E-state index >= 15 is 0 Å². The monoisotopic (exact) mass is 247 g/mol. The Hall–Kier alpha value is -1.55. The molecule has 18 heavy (non-hydrogen) atoms. The maximum Gasteiger partial charge on any atom is 0.410 e. The van der Waals surface area contributed by atoms with Gasteiger partial charge in [0.15, 0.2) is 0 Å². The van der Waals surface area contributed by atoms with Crippen molar-refractivity contribution in [2.45, 2.75) is 44.1 Å². The van der Waals surface area contributed by atoms with E-state index in [0.717, 1.165) is 18.4 Å². The lowest BCUT2D eigenvalue weighted by Crippen LogP contribution is -2.37. The molecule has 0 aliphatic carbocycles. The Morgan fingerprint density at radius 3 is 2.72 bits per heavy atom. The molecule has 4 nitrogen and oxygen atoms in total. The normalized spacial score (nSPS) is 29.6. The zero-order chi connectivity index (χ0) is 12.5. The Morgan fingerprint density at radius 1 is 1.33 bits per heavy atom. The van der Waals surface area contributed by atoms with Gasteiger partial charge in [-0.3, -0.25) is 4.90 Å². The number of aliphatic hydroxyl groups is 1. The molecule has 0 unspecified atom stereocenters. The van der Waals surface area contributed by atoms with Gasteiger partial charge in [-0.25, -0.2) is 4.79 Å². The van der Waals surface area contributed by atoms with E-state index < -0.39 is 0 Å². The van der Waals surface area contributed by atoms with Gasteiger partial charge in [-0.1, -0.05) is 30.3 Å². The van der Waals surface area contributed by atoms with E-state index in [2.05, 4.69) is 0 Å². The molecule has 0 radical (unpaired) electrons. The highest BCUT2D eigenvalue weighted by Gasteiger charge is 2.48. The average Bonchev–Trinajstić information content (AvgIpc) is 2.94. The van der Waals surface area contributed by atoms with Gasteiger partial charge in [0.1, 0.15) is 6.61 Å². The van der Waals surface area contributed by atoms with Crippen LogP contribution < -0.4 is 0 Å². The first-order valence-corrected chi connectivity index (χ1v) is 6.43. The van der Waals surface area contributed by atoms with Crippen LogP contribution in [-0.2, 0) is 11.3 Å². The highest BCUT2D eigenvalue weighted by molar-refractivity contribution is 5.69. The van der Waals surface area contributed by atoms with Crippen molar-refractivity contribution in [2.24, 2.45) is 0 Å². The van der Waals surface area contributed by atoms with Crippen molar-refractivity contribution < 1.29 is 14.6 Å². The van der Waals surface area contributed by atoms with Gasteiger partial charge in [-0.15, -0.1) is 0 Å². The highest BCUT2D eigenvalue weighted by atomic mass is 16.6. The SMILES string of the molecule is O=C(OCc1ccccc1)N1[C@H]2CC[C@@H]1[C@H](O)C2. The maximum absolute atomic E-state index is 12.0. The summed E-state index contributed by atoms with van der Waals surface area (Å²) >= 11 is 0. The minimum Gasteiger partial charge on any atom is -0.445 e. The second-order valence-electron chi connectivity index (χ2n) is 5.05. The standard InChI is InChI=1S/C14H17NO3/c16-13-8-11-6-7-12(13)15(11)14(17)18-9-10-4-2-1-3-5-10/h1-5,11-13,16H,6-9H2/t11-,12+,13+/m0/s1. The number of carbonyl (C=O) groups excluding carboxylic acids is 1. The third-order valence-corrected chi connectivity index (χ3v) is 3.92. The molecular weight excluding hydrogens is 230 g/mol. The van der Waals surface area contributed by atoms with Crippen molar-refractivity contribution in [1.82, 2.24) is 4.90 Å². The number of ether oxygens (including phenoxy) is 1. The Morgan fingerprint density at radius 2 is 2.11 bits per heavy atom. The first kappa shape index (κ1) is 11.5. The quantitative estimate of drug-likeness (QED) is 0.868. The summed E-state index contributed by atoms with van der Waals surface area (Å²) in [6.45, 7) is 0.297. The third-order valence-electron chi connectivity index (χ3n) is 3.92. The number of amides is 1. The van der Waals surface area contributed by atoms with E-state index in [0.29, 0.717) is 13.0 Å². The number of hydrogen-bond acceptors (Lipinski definition) is 3. The molecule has 2 heterocycles. The minimum absolute atomic E-state index is 0.0294. The number of aliphatic hydroxyl groups excluding tert-OH is 1. The van der Waals surface area contributed by atoms with Crippen molar-refractivity contribution >= 4 is 6.09 Å². The number of benzene rings is 1. The molecule has 3 rings (SSSR count). The van der Waals surface area contributed by atoms with Crippen molar-refractivity contribution in [3.63, 3.8) is 0 Å². The predicted molar refractivity (Wildman–Crippen MR) is 65.9 cm³/mol. The summed E-state index contributed by atoms with van der Waals surface area (Å²) in [5.74, 6) is 0. The molecule has 2 saturated heterocycles. The molecule has 2 bridgehead atoms. The van der Waals surface area contributed by atoms with Gasteiger partial charge < -0.3 is 9.84 Å². The maximum atomic E-state index is 12.0. The molecule has 0 spiro atoms. The van der Waals surface area contributed by atoms with Gasteiger partial charge in [0.2, 0.25) is 0 Å². The van der Waals surface area contributed by atoms with Crippen LogP contribution in [0.2, 0.25) is 0 Å². The zero-order valence-electron chi connectivity index (χ0n) is 10.2. The van der Waals surface area contributed by atoms with Crippen LogP contribution in [0.3, 0.4) is 0 Å². The fourth-order valence-electron chi connectivity index (χ4n) is 3.04. The van der Waals surface area contributed by atoms with E-state index in [-0.39, 0.29) is 24.3 Å². The molecule has 3 atom stereocenters. The Kier molecular flexibility index (Phi) is 2.96. The Labute approximate surface area is 106 Å². The van der Waals surface area contributed by atoms with E-state index in [1.165, 1.54) is 0 Å². The lowest BCUT2D eigenvalue weighted by Gasteiger charge is -2.21. The van der Waals surface area contributed by atoms with E-state index in [9.17, 15) is 9.90 Å². The van der Waals surface area contributed by atoms with Crippen LogP contribution >= 0.6 is 0 Å². The van der Waals surface area contributed by atoms with Crippen molar-refractivity contribution in [1.29, 1.82) is 0 Å². The zero-order valence-corrected chi connectivity index (χ0v) is 10.2. The van der Waals surface area contributed by atoms with E-state index in [1.807, 2.05) is 30.3 Å². The summed E-state index contributed by atoms with van der Waals surface area (Å²) in [7, 11) is 0. The molecule has 1 aromatic rings. The molecule has 0 aromatic heterocycles. The summed E-state index contributed by atoms with van der Waals surface area (Å²) in [6.07, 6.45) is 1.93. The molecule has 4 heteroatoms. The number of hydrogen-bond donors (Lipinski definition) is 1. The highest BCUT2D eigenvalue weighted by Crippen LogP contribution is 2.38. The number of rotatable bonds is 2. The predicted octanol–water partition coefficient (Wildman–Crippen LogP) is 1.92. The molecule has 1 N–H and O–H groups in total. The van der Waals surface area contributed by atoms with Gasteiger partial charge in [-0.2, -0.15) is 0 Å². The summed E-state index contributed by atoms with van der Waals surface area (Å²) < 4.78 is 5.32. The Balaban J connectivity index is 1.60. The minimum atomic E-state index is -0.368. The van der Waals surface area contributed by atoms with Crippen molar-refractivity contribution in [3.8, 4) is 0 Å². The van der Waals surface area contributed by atoms with Crippen LogP contribution in [0, 0.1) is 0 Å². The second kappa shape index (κ2) is 4.61. The molecular formula is C14H17NO3. The third kappa shape index (κ3) is 1.97. The molecule has 0 saturated carbocycles. The molecule has 2 aliphatic heterocycles. The number of fused-ring (bicyclic) bond motifs is 2. The van der Waals surface area contributed by atoms with Crippen LogP contribution in [0.4, 0.5) is 4.79 Å². The number of carbonyl (C=O) groups is 1. The summed E-state index contributed by atoms with van der Waals surface area (Å²) in [4.78, 5) is 13.7. The van der Waals surface area contributed by atoms with Gasteiger partial charge in [0, 0.05) is 6.04 Å². The van der Waals surface area contributed by atoms with E-state index in [4.69, 9.17) is 4.74 Å². The Bertz CT molecular complexity index is 434. The van der Waals surface area contributed by atoms with Gasteiger partial charge >= 0.3 is 6.09 Å². The fraction of sp³-hybridized carbons (Fsp3) is 0.500. The van der Waals surface area contributed by atoms with Crippen LogP contribution in [0.5, 0.6) is 0 Å². The van der Waals surface area contributed by atoms with Gasteiger partial charge in [0.05, 0.1) is 12.1 Å². The largest absolute Gasteiger partial charge is 0.445 e. The van der Waals surface area contributed by atoms with Crippen molar-refractivity contribution in [3.05, 3.63) is 35.9 Å². The molecule has 2 fully saturated rings. The molecule has 1 aromatic carbocycles. The summed E-state index contributed by atoms with van der Waals surface area (Å²) in [5, 5.41) is 9.77. The smallest absolute Gasteiger partial charge is 0.410 e. The van der Waals surface area contributed by atoms with Crippen LogP contribution in [0.15, 0.2) is 30.3 Å². The summed E-state index contributed by atoms with van der Waals surface area (Å²) in [5.41, 5.74) is 0.984.